The normalized spacial score (nSPS) is 19.1. The molecular formula is C10H17N3O2S2. The Morgan fingerprint density at radius 2 is 2.24 bits per heavy atom. The average Bonchev–Trinajstić information content (AvgIpc) is 2.64. The Morgan fingerprint density at radius 1 is 1.41 bits per heavy atom. The molecule has 1 fully saturated rings. The largest absolute Gasteiger partial charge is 0.363 e. The van der Waals surface area contributed by atoms with E-state index < -0.39 is 10.0 Å². The summed E-state index contributed by atoms with van der Waals surface area (Å²) >= 11 is 1.81. The summed E-state index contributed by atoms with van der Waals surface area (Å²) in [4.78, 5) is 3.20. The molecule has 0 aromatic carbocycles. The zero-order valence-corrected chi connectivity index (χ0v) is 11.2. The molecule has 96 valence electrons. The van der Waals surface area contributed by atoms with Gasteiger partial charge in [0.1, 0.15) is 0 Å². The number of H-pyrrole nitrogens is 1. The molecule has 0 radical (unpaired) electrons. The van der Waals surface area contributed by atoms with Gasteiger partial charge in [-0.25, -0.2) is 8.42 Å². The Morgan fingerprint density at radius 3 is 2.94 bits per heavy atom. The maximum absolute atomic E-state index is 12.3. The molecule has 0 aliphatic carbocycles. The van der Waals surface area contributed by atoms with Crippen molar-refractivity contribution in [1.29, 1.82) is 0 Å². The van der Waals surface area contributed by atoms with Crippen LogP contribution in [0.4, 0.5) is 0 Å². The molecule has 0 saturated carbocycles. The predicted octanol–water partition coefficient (Wildman–Crippen LogP) is 0.601. The van der Waals surface area contributed by atoms with E-state index in [0.29, 0.717) is 24.5 Å². The number of nitrogens with zero attached hydrogens (tertiary/aromatic N) is 1. The number of hydrogen-bond acceptors (Lipinski definition) is 4. The van der Waals surface area contributed by atoms with Crippen molar-refractivity contribution in [2.75, 3.05) is 24.6 Å². The van der Waals surface area contributed by atoms with Crippen molar-refractivity contribution in [2.24, 2.45) is 5.73 Å². The first-order chi connectivity index (χ1) is 8.14. The zero-order chi connectivity index (χ0) is 12.3. The summed E-state index contributed by atoms with van der Waals surface area (Å²) in [5.41, 5.74) is 6.21. The Labute approximate surface area is 106 Å². The SMILES string of the molecule is NCc1cc(S(=O)(=O)N2CCCSCC2)c[nH]1. The quantitative estimate of drug-likeness (QED) is 0.846. The van der Waals surface area contributed by atoms with Crippen LogP contribution in [0.3, 0.4) is 0 Å². The van der Waals surface area contributed by atoms with Crippen LogP contribution in [0.1, 0.15) is 12.1 Å². The third kappa shape index (κ3) is 2.85. The molecule has 1 saturated heterocycles. The molecule has 0 bridgehead atoms. The molecule has 1 aliphatic rings. The molecule has 0 atom stereocenters. The van der Waals surface area contributed by atoms with Crippen LogP contribution in [0.25, 0.3) is 0 Å². The van der Waals surface area contributed by atoms with Crippen LogP contribution >= 0.6 is 11.8 Å². The summed E-state index contributed by atoms with van der Waals surface area (Å²) in [6, 6.07) is 1.62. The van der Waals surface area contributed by atoms with Crippen molar-refractivity contribution in [2.45, 2.75) is 17.9 Å². The average molecular weight is 275 g/mol. The van der Waals surface area contributed by atoms with E-state index in [0.717, 1.165) is 23.6 Å². The number of thioether (sulfide) groups is 1. The summed E-state index contributed by atoms with van der Waals surface area (Å²) in [6.07, 6.45) is 2.44. The van der Waals surface area contributed by atoms with E-state index in [2.05, 4.69) is 4.98 Å². The van der Waals surface area contributed by atoms with E-state index in [-0.39, 0.29) is 0 Å². The molecule has 0 unspecified atom stereocenters. The summed E-state index contributed by atoms with van der Waals surface area (Å²) < 4.78 is 26.2. The smallest absolute Gasteiger partial charge is 0.244 e. The van der Waals surface area contributed by atoms with Gasteiger partial charge in [-0.3, -0.25) is 0 Å². The molecule has 1 aliphatic heterocycles. The van der Waals surface area contributed by atoms with Crippen LogP contribution in [-0.2, 0) is 16.6 Å². The maximum atomic E-state index is 12.3. The summed E-state index contributed by atoms with van der Waals surface area (Å²) in [5.74, 6) is 1.90. The lowest BCUT2D eigenvalue weighted by atomic mass is 10.4. The lowest BCUT2D eigenvalue weighted by Crippen LogP contribution is -2.32. The molecule has 1 aromatic heterocycles. The van der Waals surface area contributed by atoms with E-state index in [1.54, 1.807) is 22.1 Å². The fourth-order valence-electron chi connectivity index (χ4n) is 1.80. The first-order valence-corrected chi connectivity index (χ1v) is 8.19. The second-order valence-electron chi connectivity index (χ2n) is 3.93. The van der Waals surface area contributed by atoms with Gasteiger partial charge in [0.2, 0.25) is 10.0 Å². The van der Waals surface area contributed by atoms with Gasteiger partial charge in [0.15, 0.2) is 0 Å². The van der Waals surface area contributed by atoms with Crippen LogP contribution in [0, 0.1) is 0 Å². The van der Waals surface area contributed by atoms with E-state index >= 15 is 0 Å². The molecular weight excluding hydrogens is 258 g/mol. The van der Waals surface area contributed by atoms with Gasteiger partial charge in [0, 0.05) is 37.3 Å². The Hall–Kier alpha value is -0.500. The number of nitrogens with two attached hydrogens (primary N) is 1. The molecule has 7 heteroatoms. The second kappa shape index (κ2) is 5.43. The van der Waals surface area contributed by atoms with Gasteiger partial charge in [-0.15, -0.1) is 0 Å². The van der Waals surface area contributed by atoms with Gasteiger partial charge in [0.25, 0.3) is 0 Å². The highest BCUT2D eigenvalue weighted by Crippen LogP contribution is 2.20. The van der Waals surface area contributed by atoms with Gasteiger partial charge in [0.05, 0.1) is 4.90 Å². The zero-order valence-electron chi connectivity index (χ0n) is 9.55. The van der Waals surface area contributed by atoms with Gasteiger partial charge < -0.3 is 10.7 Å². The maximum Gasteiger partial charge on any atom is 0.244 e. The lowest BCUT2D eigenvalue weighted by molar-refractivity contribution is 0.435. The number of nitrogens with one attached hydrogen (secondary N) is 1. The molecule has 17 heavy (non-hydrogen) atoms. The second-order valence-corrected chi connectivity index (χ2v) is 7.10. The van der Waals surface area contributed by atoms with Crippen LogP contribution in [0.2, 0.25) is 0 Å². The van der Waals surface area contributed by atoms with Crippen molar-refractivity contribution in [3.05, 3.63) is 18.0 Å². The third-order valence-electron chi connectivity index (χ3n) is 2.76. The minimum Gasteiger partial charge on any atom is -0.363 e. The van der Waals surface area contributed by atoms with E-state index in [1.807, 2.05) is 0 Å². The fourth-order valence-corrected chi connectivity index (χ4v) is 4.30. The van der Waals surface area contributed by atoms with Crippen LogP contribution in [0.5, 0.6) is 0 Å². The number of rotatable bonds is 3. The van der Waals surface area contributed by atoms with Crippen LogP contribution in [0.15, 0.2) is 17.2 Å². The van der Waals surface area contributed by atoms with Crippen LogP contribution in [-0.4, -0.2) is 42.3 Å². The van der Waals surface area contributed by atoms with Crippen molar-refractivity contribution >= 4 is 21.8 Å². The molecule has 0 amide bonds. The molecule has 1 aromatic rings. The topological polar surface area (TPSA) is 79.2 Å². The van der Waals surface area contributed by atoms with Crippen molar-refractivity contribution in [3.8, 4) is 0 Å². The number of aromatic nitrogens is 1. The fraction of sp³-hybridized carbons (Fsp3) is 0.600. The molecule has 0 spiro atoms. The minimum atomic E-state index is -3.34. The Bertz CT molecular complexity index is 462. The monoisotopic (exact) mass is 275 g/mol. The molecule has 5 nitrogen and oxygen atoms in total. The third-order valence-corrected chi connectivity index (χ3v) is 5.68. The van der Waals surface area contributed by atoms with Crippen LogP contribution < -0.4 is 5.73 Å². The summed E-state index contributed by atoms with van der Waals surface area (Å²) in [5, 5.41) is 0. The molecule has 2 heterocycles. The highest BCUT2D eigenvalue weighted by atomic mass is 32.2. The molecule has 2 rings (SSSR count). The standard InChI is InChI=1S/C10H17N3O2S2/c11-7-9-6-10(8-12-9)17(14,15)13-2-1-4-16-5-3-13/h6,8,12H,1-5,7,11H2. The van der Waals surface area contributed by atoms with Crippen molar-refractivity contribution in [1.82, 2.24) is 9.29 Å². The van der Waals surface area contributed by atoms with Gasteiger partial charge in [-0.05, 0) is 18.2 Å². The van der Waals surface area contributed by atoms with Crippen molar-refractivity contribution < 1.29 is 8.42 Å². The van der Waals surface area contributed by atoms with Gasteiger partial charge in [-0.2, -0.15) is 16.1 Å². The molecule has 3 N–H and O–H groups in total. The van der Waals surface area contributed by atoms with E-state index in [1.165, 1.54) is 6.20 Å². The van der Waals surface area contributed by atoms with E-state index in [4.69, 9.17) is 5.73 Å². The lowest BCUT2D eigenvalue weighted by Gasteiger charge is -2.18. The summed E-state index contributed by atoms with van der Waals surface area (Å²) in [6.45, 7) is 1.53. The predicted molar refractivity (Wildman–Crippen MR) is 69.4 cm³/mol. The van der Waals surface area contributed by atoms with Gasteiger partial charge >= 0.3 is 0 Å². The Kier molecular flexibility index (Phi) is 4.13. The van der Waals surface area contributed by atoms with Crippen molar-refractivity contribution in [3.63, 3.8) is 0 Å². The summed E-state index contributed by atoms with van der Waals surface area (Å²) in [7, 11) is -3.34. The number of hydrogen-bond donors (Lipinski definition) is 2. The minimum absolute atomic E-state index is 0.324. The number of sulfonamides is 1. The van der Waals surface area contributed by atoms with Gasteiger partial charge in [-0.1, -0.05) is 0 Å². The van der Waals surface area contributed by atoms with E-state index in [9.17, 15) is 8.42 Å². The Balaban J connectivity index is 2.22. The highest BCUT2D eigenvalue weighted by molar-refractivity contribution is 7.99. The highest BCUT2D eigenvalue weighted by Gasteiger charge is 2.25. The first kappa shape index (κ1) is 12.9. The number of aromatic amines is 1. The first-order valence-electron chi connectivity index (χ1n) is 5.60.